The fraction of sp³-hybridized carbons (Fsp3) is 0.278. The van der Waals surface area contributed by atoms with Crippen molar-refractivity contribution in [2.45, 2.75) is 32.9 Å². The van der Waals surface area contributed by atoms with Gasteiger partial charge in [0.15, 0.2) is 0 Å². The highest BCUT2D eigenvalue weighted by Crippen LogP contribution is 2.15. The highest BCUT2D eigenvalue weighted by Gasteiger charge is 2.11. The van der Waals surface area contributed by atoms with Crippen molar-refractivity contribution in [3.8, 4) is 0 Å². The van der Waals surface area contributed by atoms with Crippen molar-refractivity contribution in [1.82, 2.24) is 5.32 Å². The van der Waals surface area contributed by atoms with E-state index in [0.29, 0.717) is 13.0 Å². The van der Waals surface area contributed by atoms with E-state index in [1.807, 2.05) is 43.3 Å². The van der Waals surface area contributed by atoms with E-state index < -0.39 is 0 Å². The molecule has 0 aliphatic rings. The maximum absolute atomic E-state index is 12.2. The average Bonchev–Trinajstić information content (AvgIpc) is 2.47. The highest BCUT2D eigenvalue weighted by molar-refractivity contribution is 5.79. The van der Waals surface area contributed by atoms with E-state index in [1.165, 1.54) is 5.56 Å². The van der Waals surface area contributed by atoms with Gasteiger partial charge in [-0.3, -0.25) is 4.79 Å². The SMILES string of the molecule is Cc1cccc([C@@H](C)NC(=O)Cc2ccccc2CN)c1. The smallest absolute Gasteiger partial charge is 0.224 e. The van der Waals surface area contributed by atoms with E-state index >= 15 is 0 Å². The number of hydrogen-bond donors (Lipinski definition) is 2. The van der Waals surface area contributed by atoms with Gasteiger partial charge in [0.2, 0.25) is 5.91 Å². The van der Waals surface area contributed by atoms with E-state index in [1.54, 1.807) is 0 Å². The Morgan fingerprint density at radius 1 is 1.14 bits per heavy atom. The van der Waals surface area contributed by atoms with E-state index in [2.05, 4.69) is 24.4 Å². The molecule has 0 unspecified atom stereocenters. The first-order valence-corrected chi connectivity index (χ1v) is 7.23. The number of hydrogen-bond acceptors (Lipinski definition) is 2. The van der Waals surface area contributed by atoms with E-state index in [4.69, 9.17) is 5.73 Å². The number of aryl methyl sites for hydroxylation is 1. The second kappa shape index (κ2) is 7.04. The van der Waals surface area contributed by atoms with Gasteiger partial charge >= 0.3 is 0 Å². The van der Waals surface area contributed by atoms with Crippen LogP contribution in [0, 0.1) is 6.92 Å². The summed E-state index contributed by atoms with van der Waals surface area (Å²) in [6.45, 7) is 4.51. The molecule has 0 radical (unpaired) electrons. The Labute approximate surface area is 126 Å². The zero-order valence-corrected chi connectivity index (χ0v) is 12.6. The van der Waals surface area contributed by atoms with Crippen LogP contribution in [-0.4, -0.2) is 5.91 Å². The van der Waals surface area contributed by atoms with Gasteiger partial charge in [-0.05, 0) is 30.5 Å². The van der Waals surface area contributed by atoms with Gasteiger partial charge in [0, 0.05) is 6.54 Å². The van der Waals surface area contributed by atoms with Crippen molar-refractivity contribution in [2.24, 2.45) is 5.73 Å². The highest BCUT2D eigenvalue weighted by atomic mass is 16.1. The number of carbonyl (C=O) groups is 1. The third-order valence-electron chi connectivity index (χ3n) is 3.61. The molecule has 0 aromatic heterocycles. The summed E-state index contributed by atoms with van der Waals surface area (Å²) in [7, 11) is 0. The molecule has 0 aliphatic heterocycles. The van der Waals surface area contributed by atoms with Crippen molar-refractivity contribution in [1.29, 1.82) is 0 Å². The zero-order valence-electron chi connectivity index (χ0n) is 12.6. The summed E-state index contributed by atoms with van der Waals surface area (Å²) >= 11 is 0. The number of benzene rings is 2. The first-order valence-electron chi connectivity index (χ1n) is 7.23. The Hall–Kier alpha value is -2.13. The molecule has 1 atom stereocenters. The molecule has 3 nitrogen and oxygen atoms in total. The van der Waals surface area contributed by atoms with Crippen LogP contribution >= 0.6 is 0 Å². The van der Waals surface area contributed by atoms with Gasteiger partial charge in [0.1, 0.15) is 0 Å². The molecule has 2 rings (SSSR count). The summed E-state index contributed by atoms with van der Waals surface area (Å²) in [6, 6.07) is 16.0. The van der Waals surface area contributed by atoms with Crippen LogP contribution in [0.15, 0.2) is 48.5 Å². The molecule has 0 saturated carbocycles. The standard InChI is InChI=1S/C18H22N2O/c1-13-6-5-9-15(10-13)14(2)20-18(21)11-16-7-3-4-8-17(16)12-19/h3-10,14H,11-12,19H2,1-2H3,(H,20,21)/t14-/m1/s1. The predicted molar refractivity (Wildman–Crippen MR) is 85.8 cm³/mol. The van der Waals surface area contributed by atoms with Gasteiger partial charge in [0.05, 0.1) is 12.5 Å². The molecule has 0 spiro atoms. The van der Waals surface area contributed by atoms with E-state index in [0.717, 1.165) is 16.7 Å². The normalized spacial score (nSPS) is 12.0. The van der Waals surface area contributed by atoms with Crippen molar-refractivity contribution in [3.63, 3.8) is 0 Å². The van der Waals surface area contributed by atoms with E-state index in [-0.39, 0.29) is 11.9 Å². The molecular weight excluding hydrogens is 260 g/mol. The average molecular weight is 282 g/mol. The lowest BCUT2D eigenvalue weighted by molar-refractivity contribution is -0.121. The minimum atomic E-state index is 0.00226. The van der Waals surface area contributed by atoms with Gasteiger partial charge in [-0.1, -0.05) is 54.1 Å². The molecule has 1 amide bonds. The van der Waals surface area contributed by atoms with Gasteiger partial charge in [-0.15, -0.1) is 0 Å². The van der Waals surface area contributed by atoms with Crippen LogP contribution in [0.5, 0.6) is 0 Å². The Morgan fingerprint density at radius 2 is 1.86 bits per heavy atom. The Balaban J connectivity index is 2.01. The molecule has 2 aromatic rings. The van der Waals surface area contributed by atoms with Crippen LogP contribution in [-0.2, 0) is 17.8 Å². The maximum atomic E-state index is 12.2. The molecule has 0 bridgehead atoms. The van der Waals surface area contributed by atoms with Crippen LogP contribution in [0.1, 0.15) is 35.2 Å². The van der Waals surface area contributed by atoms with Crippen LogP contribution in [0.25, 0.3) is 0 Å². The number of rotatable bonds is 5. The Kier molecular flexibility index (Phi) is 5.12. The number of nitrogens with one attached hydrogen (secondary N) is 1. The molecule has 21 heavy (non-hydrogen) atoms. The molecule has 2 aromatic carbocycles. The number of carbonyl (C=O) groups excluding carboxylic acids is 1. The second-order valence-electron chi connectivity index (χ2n) is 5.35. The topological polar surface area (TPSA) is 55.1 Å². The lowest BCUT2D eigenvalue weighted by Crippen LogP contribution is -2.28. The molecule has 0 aliphatic carbocycles. The van der Waals surface area contributed by atoms with Crippen LogP contribution in [0.4, 0.5) is 0 Å². The van der Waals surface area contributed by atoms with Crippen molar-refractivity contribution in [2.75, 3.05) is 0 Å². The molecule has 0 fully saturated rings. The molecule has 0 saturated heterocycles. The fourth-order valence-electron chi connectivity index (χ4n) is 2.42. The Bertz CT molecular complexity index is 622. The lowest BCUT2D eigenvalue weighted by atomic mass is 10.0. The summed E-state index contributed by atoms with van der Waals surface area (Å²) in [5.74, 6) is 0.0184. The van der Waals surface area contributed by atoms with E-state index in [9.17, 15) is 4.79 Å². The first-order chi connectivity index (χ1) is 10.1. The minimum absolute atomic E-state index is 0.00226. The Morgan fingerprint density at radius 3 is 2.52 bits per heavy atom. The van der Waals surface area contributed by atoms with Gasteiger partial charge < -0.3 is 11.1 Å². The van der Waals surface area contributed by atoms with Crippen LogP contribution in [0.2, 0.25) is 0 Å². The van der Waals surface area contributed by atoms with Crippen LogP contribution < -0.4 is 11.1 Å². The third-order valence-corrected chi connectivity index (χ3v) is 3.61. The van der Waals surface area contributed by atoms with Crippen LogP contribution in [0.3, 0.4) is 0 Å². The van der Waals surface area contributed by atoms with Gasteiger partial charge in [-0.25, -0.2) is 0 Å². The largest absolute Gasteiger partial charge is 0.349 e. The van der Waals surface area contributed by atoms with Crippen molar-refractivity contribution in [3.05, 3.63) is 70.8 Å². The van der Waals surface area contributed by atoms with Crippen molar-refractivity contribution < 1.29 is 4.79 Å². The quantitative estimate of drug-likeness (QED) is 0.886. The summed E-state index contributed by atoms with van der Waals surface area (Å²) in [5.41, 5.74) is 10.0. The summed E-state index contributed by atoms with van der Waals surface area (Å²) in [5, 5.41) is 3.04. The number of amides is 1. The summed E-state index contributed by atoms with van der Waals surface area (Å²) < 4.78 is 0. The maximum Gasteiger partial charge on any atom is 0.224 e. The summed E-state index contributed by atoms with van der Waals surface area (Å²) in [4.78, 5) is 12.2. The minimum Gasteiger partial charge on any atom is -0.349 e. The third kappa shape index (κ3) is 4.17. The van der Waals surface area contributed by atoms with Crippen molar-refractivity contribution >= 4 is 5.91 Å². The fourth-order valence-corrected chi connectivity index (χ4v) is 2.42. The number of nitrogens with two attached hydrogens (primary N) is 1. The molecule has 3 N–H and O–H groups in total. The molecule has 0 heterocycles. The first kappa shape index (κ1) is 15.3. The van der Waals surface area contributed by atoms with Gasteiger partial charge in [0.25, 0.3) is 0 Å². The predicted octanol–water partition coefficient (Wildman–Crippen LogP) is 2.87. The van der Waals surface area contributed by atoms with Gasteiger partial charge in [-0.2, -0.15) is 0 Å². The summed E-state index contributed by atoms with van der Waals surface area (Å²) in [6.07, 6.45) is 0.365. The lowest BCUT2D eigenvalue weighted by Gasteiger charge is -2.15. The molecule has 110 valence electrons. The zero-order chi connectivity index (χ0) is 15.2. The molecule has 3 heteroatoms. The monoisotopic (exact) mass is 282 g/mol. The molecular formula is C18H22N2O. The second-order valence-corrected chi connectivity index (χ2v) is 5.35.